The molecule has 0 aliphatic carbocycles. The van der Waals surface area contributed by atoms with Crippen LogP contribution in [0.25, 0.3) is 0 Å². The first-order chi connectivity index (χ1) is 7.61. The van der Waals surface area contributed by atoms with Crippen molar-refractivity contribution < 1.29 is 8.42 Å². The van der Waals surface area contributed by atoms with Gasteiger partial charge < -0.3 is 10.6 Å². The average molecular weight is 241 g/mol. The summed E-state index contributed by atoms with van der Waals surface area (Å²) in [6.45, 7) is 1.52. The van der Waals surface area contributed by atoms with Crippen LogP contribution in [0.2, 0.25) is 0 Å². The summed E-state index contributed by atoms with van der Waals surface area (Å²) in [5.41, 5.74) is 7.26. The van der Waals surface area contributed by atoms with Crippen molar-refractivity contribution in [2.45, 2.75) is 6.54 Å². The SMILES string of the molecule is NCc1ccc(N2CCS(=O)(=O)CC2)cn1. The first-order valence-electron chi connectivity index (χ1n) is 5.21. The minimum Gasteiger partial charge on any atom is -0.368 e. The van der Waals surface area contributed by atoms with E-state index < -0.39 is 9.84 Å². The maximum atomic E-state index is 11.3. The Morgan fingerprint density at radius 3 is 2.50 bits per heavy atom. The second-order valence-electron chi connectivity index (χ2n) is 3.85. The van der Waals surface area contributed by atoms with E-state index in [1.807, 2.05) is 17.0 Å². The van der Waals surface area contributed by atoms with E-state index in [1.165, 1.54) is 0 Å². The third-order valence-corrected chi connectivity index (χ3v) is 4.34. The molecule has 6 heteroatoms. The summed E-state index contributed by atoms with van der Waals surface area (Å²) >= 11 is 0. The average Bonchev–Trinajstić information content (AvgIpc) is 2.29. The van der Waals surface area contributed by atoms with Crippen LogP contribution in [-0.2, 0) is 16.4 Å². The molecule has 2 N–H and O–H groups in total. The van der Waals surface area contributed by atoms with Crippen LogP contribution in [0.3, 0.4) is 0 Å². The summed E-state index contributed by atoms with van der Waals surface area (Å²) in [6.07, 6.45) is 1.75. The Kier molecular flexibility index (Phi) is 3.11. The van der Waals surface area contributed by atoms with Gasteiger partial charge in [0.15, 0.2) is 9.84 Å². The highest BCUT2D eigenvalue weighted by Crippen LogP contribution is 2.16. The largest absolute Gasteiger partial charge is 0.368 e. The van der Waals surface area contributed by atoms with Gasteiger partial charge in [-0.15, -0.1) is 0 Å². The van der Waals surface area contributed by atoms with Gasteiger partial charge in [0.2, 0.25) is 0 Å². The molecule has 2 rings (SSSR count). The normalized spacial score (nSPS) is 19.7. The molecule has 0 bridgehead atoms. The standard InChI is InChI=1S/C10H15N3O2S/c11-7-9-1-2-10(8-12-9)13-3-5-16(14,15)6-4-13/h1-2,8H,3-7,11H2. The second-order valence-corrected chi connectivity index (χ2v) is 6.15. The number of aromatic nitrogens is 1. The van der Waals surface area contributed by atoms with Gasteiger partial charge in [-0.25, -0.2) is 8.42 Å². The second kappa shape index (κ2) is 4.39. The molecule has 1 aromatic rings. The maximum Gasteiger partial charge on any atom is 0.153 e. The molecule has 0 unspecified atom stereocenters. The Bertz CT molecular complexity index is 441. The summed E-state index contributed by atoms with van der Waals surface area (Å²) in [7, 11) is -2.82. The van der Waals surface area contributed by atoms with Gasteiger partial charge in [-0.05, 0) is 12.1 Å². The predicted octanol–water partition coefficient (Wildman–Crippen LogP) is -0.225. The lowest BCUT2D eigenvalue weighted by atomic mass is 10.3. The molecule has 2 heterocycles. The van der Waals surface area contributed by atoms with Crippen molar-refractivity contribution in [3.05, 3.63) is 24.0 Å². The van der Waals surface area contributed by atoms with E-state index in [9.17, 15) is 8.42 Å². The van der Waals surface area contributed by atoms with Crippen molar-refractivity contribution in [2.75, 3.05) is 29.5 Å². The molecule has 0 radical (unpaired) electrons. The van der Waals surface area contributed by atoms with Gasteiger partial charge in [-0.3, -0.25) is 4.98 Å². The topological polar surface area (TPSA) is 76.3 Å². The maximum absolute atomic E-state index is 11.3. The first kappa shape index (κ1) is 11.3. The highest BCUT2D eigenvalue weighted by atomic mass is 32.2. The van der Waals surface area contributed by atoms with Gasteiger partial charge in [0.25, 0.3) is 0 Å². The minimum absolute atomic E-state index is 0.228. The summed E-state index contributed by atoms with van der Waals surface area (Å²) in [5, 5.41) is 0. The van der Waals surface area contributed by atoms with Crippen LogP contribution in [0, 0.1) is 0 Å². The first-order valence-corrected chi connectivity index (χ1v) is 7.03. The summed E-state index contributed by atoms with van der Waals surface area (Å²) < 4.78 is 22.5. The lowest BCUT2D eigenvalue weighted by Gasteiger charge is -2.28. The van der Waals surface area contributed by atoms with Gasteiger partial charge in [0.1, 0.15) is 0 Å². The Hall–Kier alpha value is -1.14. The smallest absolute Gasteiger partial charge is 0.153 e. The fourth-order valence-corrected chi connectivity index (χ4v) is 2.90. The summed E-state index contributed by atoms with van der Waals surface area (Å²) in [6, 6.07) is 3.81. The van der Waals surface area contributed by atoms with Crippen molar-refractivity contribution in [2.24, 2.45) is 5.73 Å². The molecule has 16 heavy (non-hydrogen) atoms. The third-order valence-electron chi connectivity index (χ3n) is 2.73. The van der Waals surface area contributed by atoms with E-state index >= 15 is 0 Å². The number of hydrogen-bond donors (Lipinski definition) is 1. The zero-order valence-electron chi connectivity index (χ0n) is 8.96. The zero-order chi connectivity index (χ0) is 11.6. The highest BCUT2D eigenvalue weighted by molar-refractivity contribution is 7.91. The number of pyridine rings is 1. The van der Waals surface area contributed by atoms with Gasteiger partial charge in [0, 0.05) is 19.6 Å². The molecule has 1 aromatic heterocycles. The molecule has 0 spiro atoms. The Labute approximate surface area is 95.2 Å². The Morgan fingerprint density at radius 1 is 1.31 bits per heavy atom. The fourth-order valence-electron chi connectivity index (χ4n) is 1.70. The molecule has 1 aliphatic rings. The summed E-state index contributed by atoms with van der Waals surface area (Å²) in [4.78, 5) is 6.23. The van der Waals surface area contributed by atoms with Crippen LogP contribution in [0.4, 0.5) is 5.69 Å². The molecular formula is C10H15N3O2S. The molecule has 1 aliphatic heterocycles. The van der Waals surface area contributed by atoms with Crippen LogP contribution in [-0.4, -0.2) is 38.0 Å². The van der Waals surface area contributed by atoms with Gasteiger partial charge in [-0.1, -0.05) is 0 Å². The molecule has 88 valence electrons. The van der Waals surface area contributed by atoms with Crippen LogP contribution in [0.5, 0.6) is 0 Å². The number of rotatable bonds is 2. The number of hydrogen-bond acceptors (Lipinski definition) is 5. The van der Waals surface area contributed by atoms with Crippen molar-refractivity contribution in [3.8, 4) is 0 Å². The third kappa shape index (κ3) is 2.51. The molecule has 1 saturated heterocycles. The van der Waals surface area contributed by atoms with E-state index in [-0.39, 0.29) is 11.5 Å². The lowest BCUT2D eigenvalue weighted by Crippen LogP contribution is -2.40. The lowest BCUT2D eigenvalue weighted by molar-refractivity contribution is 0.586. The van der Waals surface area contributed by atoms with Crippen molar-refractivity contribution in [3.63, 3.8) is 0 Å². The van der Waals surface area contributed by atoms with E-state index in [0.29, 0.717) is 19.6 Å². The van der Waals surface area contributed by atoms with E-state index in [4.69, 9.17) is 5.73 Å². The quantitative estimate of drug-likeness (QED) is 0.774. The van der Waals surface area contributed by atoms with Crippen LogP contribution < -0.4 is 10.6 Å². The van der Waals surface area contributed by atoms with Crippen LogP contribution in [0.1, 0.15) is 5.69 Å². The molecule has 5 nitrogen and oxygen atoms in total. The minimum atomic E-state index is -2.82. The Balaban J connectivity index is 2.08. The van der Waals surface area contributed by atoms with Crippen LogP contribution in [0.15, 0.2) is 18.3 Å². The van der Waals surface area contributed by atoms with E-state index in [0.717, 1.165) is 11.4 Å². The molecule has 1 fully saturated rings. The van der Waals surface area contributed by atoms with Gasteiger partial charge in [-0.2, -0.15) is 0 Å². The fraction of sp³-hybridized carbons (Fsp3) is 0.500. The number of nitrogens with zero attached hydrogens (tertiary/aromatic N) is 2. The molecule has 0 atom stereocenters. The zero-order valence-corrected chi connectivity index (χ0v) is 9.78. The molecule has 0 aromatic carbocycles. The number of anilines is 1. The van der Waals surface area contributed by atoms with Gasteiger partial charge >= 0.3 is 0 Å². The highest BCUT2D eigenvalue weighted by Gasteiger charge is 2.21. The number of nitrogens with two attached hydrogens (primary N) is 1. The van der Waals surface area contributed by atoms with Crippen molar-refractivity contribution >= 4 is 15.5 Å². The van der Waals surface area contributed by atoms with Crippen molar-refractivity contribution in [1.29, 1.82) is 0 Å². The predicted molar refractivity (Wildman–Crippen MR) is 63.0 cm³/mol. The molecule has 0 saturated carbocycles. The van der Waals surface area contributed by atoms with Crippen molar-refractivity contribution in [1.82, 2.24) is 4.98 Å². The molecule has 0 amide bonds. The summed E-state index contributed by atoms with van der Waals surface area (Å²) in [5.74, 6) is 0.456. The molecular weight excluding hydrogens is 226 g/mol. The number of sulfone groups is 1. The van der Waals surface area contributed by atoms with E-state index in [2.05, 4.69) is 4.98 Å². The Morgan fingerprint density at radius 2 is 2.00 bits per heavy atom. The monoisotopic (exact) mass is 241 g/mol. The van der Waals surface area contributed by atoms with E-state index in [1.54, 1.807) is 6.20 Å². The van der Waals surface area contributed by atoms with Crippen LogP contribution >= 0.6 is 0 Å². The van der Waals surface area contributed by atoms with Gasteiger partial charge in [0.05, 0.1) is 29.1 Å².